The van der Waals surface area contributed by atoms with E-state index in [1.165, 1.54) is 5.69 Å². The maximum Gasteiger partial charge on any atom is 0.229 e. The van der Waals surface area contributed by atoms with E-state index in [1.54, 1.807) is 13.3 Å². The number of nitrogens with zero attached hydrogens (tertiary/aromatic N) is 3. The predicted octanol–water partition coefficient (Wildman–Crippen LogP) is 5.13. The monoisotopic (exact) mass is 377 g/mol. The average Bonchev–Trinajstić information content (AvgIpc) is 2.71. The normalized spacial score (nSPS) is 10.4. The summed E-state index contributed by atoms with van der Waals surface area (Å²) in [6.45, 7) is 8.34. The summed E-state index contributed by atoms with van der Waals surface area (Å²) in [7, 11) is 1.65. The van der Waals surface area contributed by atoms with Crippen molar-refractivity contribution >= 4 is 28.8 Å². The summed E-state index contributed by atoms with van der Waals surface area (Å²) in [6, 6.07) is 16.1. The number of nitrogens with one attached hydrogen (secondary N) is 2. The van der Waals surface area contributed by atoms with Crippen molar-refractivity contribution in [2.75, 3.05) is 35.7 Å². The summed E-state index contributed by atoms with van der Waals surface area (Å²) in [4.78, 5) is 11.2. The molecular formula is C22H27N5O. The number of hydrogen-bond acceptors (Lipinski definition) is 6. The number of hydrogen-bond donors (Lipinski definition) is 2. The molecule has 3 rings (SSSR count). The van der Waals surface area contributed by atoms with Crippen LogP contribution in [-0.2, 0) is 0 Å². The predicted molar refractivity (Wildman–Crippen MR) is 116 cm³/mol. The molecule has 0 fully saturated rings. The van der Waals surface area contributed by atoms with Gasteiger partial charge in [0.05, 0.1) is 12.8 Å². The number of aromatic nitrogens is 2. The van der Waals surface area contributed by atoms with Crippen LogP contribution >= 0.6 is 0 Å². The molecule has 0 aliphatic heterocycles. The molecule has 146 valence electrons. The number of anilines is 5. The lowest BCUT2D eigenvalue weighted by atomic mass is 10.2. The molecular weight excluding hydrogens is 350 g/mol. The van der Waals surface area contributed by atoms with Crippen LogP contribution in [0.5, 0.6) is 5.75 Å². The largest absolute Gasteiger partial charge is 0.495 e. The topological polar surface area (TPSA) is 62.3 Å². The van der Waals surface area contributed by atoms with Crippen LogP contribution in [0, 0.1) is 6.92 Å². The smallest absolute Gasteiger partial charge is 0.229 e. The fourth-order valence-corrected chi connectivity index (χ4v) is 3.02. The molecule has 0 aliphatic rings. The minimum absolute atomic E-state index is 0.508. The molecule has 0 aliphatic carbocycles. The van der Waals surface area contributed by atoms with Gasteiger partial charge in [-0.2, -0.15) is 4.98 Å². The summed E-state index contributed by atoms with van der Waals surface area (Å²) >= 11 is 0. The van der Waals surface area contributed by atoms with Crippen LogP contribution in [0.3, 0.4) is 0 Å². The van der Waals surface area contributed by atoms with Crippen LogP contribution in [-0.4, -0.2) is 30.2 Å². The van der Waals surface area contributed by atoms with Gasteiger partial charge in [0.25, 0.3) is 0 Å². The molecule has 0 saturated carbocycles. The molecule has 0 unspecified atom stereocenters. The second-order valence-electron chi connectivity index (χ2n) is 6.44. The van der Waals surface area contributed by atoms with Crippen molar-refractivity contribution in [2.45, 2.75) is 20.8 Å². The van der Waals surface area contributed by atoms with Crippen molar-refractivity contribution < 1.29 is 4.74 Å². The Bertz CT molecular complexity index is 907. The summed E-state index contributed by atoms with van der Waals surface area (Å²) in [5.41, 5.74) is 4.16. The summed E-state index contributed by atoms with van der Waals surface area (Å²) < 4.78 is 5.41. The van der Waals surface area contributed by atoms with Gasteiger partial charge in [-0.05, 0) is 68.8 Å². The van der Waals surface area contributed by atoms with E-state index in [2.05, 4.69) is 63.6 Å². The Labute approximate surface area is 166 Å². The number of aryl methyl sites for hydroxylation is 1. The van der Waals surface area contributed by atoms with Gasteiger partial charge in [0.1, 0.15) is 11.6 Å². The van der Waals surface area contributed by atoms with Crippen LogP contribution in [0.15, 0.2) is 54.7 Å². The fraction of sp³-hybridized carbons (Fsp3) is 0.273. The van der Waals surface area contributed by atoms with E-state index in [-0.39, 0.29) is 0 Å². The highest BCUT2D eigenvalue weighted by Gasteiger charge is 2.07. The standard InChI is InChI=1S/C22H27N5O/c1-5-27(6-2)18-10-8-17(9-11-18)24-21-13-14-23-22(26-21)25-19-15-16(3)7-12-20(19)28-4/h7-15H,5-6H2,1-4H3,(H2,23,24,25,26). The first-order valence-electron chi connectivity index (χ1n) is 9.49. The van der Waals surface area contributed by atoms with Crippen molar-refractivity contribution in [3.8, 4) is 5.75 Å². The molecule has 1 aromatic heterocycles. The van der Waals surface area contributed by atoms with Gasteiger partial charge in [0.2, 0.25) is 5.95 Å². The first-order valence-corrected chi connectivity index (χ1v) is 9.49. The Morgan fingerprint density at radius 2 is 1.71 bits per heavy atom. The van der Waals surface area contributed by atoms with E-state index in [1.807, 2.05) is 31.2 Å². The average molecular weight is 377 g/mol. The number of ether oxygens (including phenoxy) is 1. The molecule has 6 nitrogen and oxygen atoms in total. The second-order valence-corrected chi connectivity index (χ2v) is 6.44. The van der Waals surface area contributed by atoms with Gasteiger partial charge in [-0.15, -0.1) is 0 Å². The highest BCUT2D eigenvalue weighted by molar-refractivity contribution is 5.65. The van der Waals surface area contributed by atoms with Gasteiger partial charge in [-0.25, -0.2) is 4.98 Å². The molecule has 2 N–H and O–H groups in total. The molecule has 1 heterocycles. The van der Waals surface area contributed by atoms with E-state index in [0.29, 0.717) is 5.95 Å². The molecule has 0 radical (unpaired) electrons. The Morgan fingerprint density at radius 1 is 0.964 bits per heavy atom. The zero-order valence-electron chi connectivity index (χ0n) is 16.9. The van der Waals surface area contributed by atoms with Crippen molar-refractivity contribution in [2.24, 2.45) is 0 Å². The number of methoxy groups -OCH3 is 1. The summed E-state index contributed by atoms with van der Waals surface area (Å²) in [5.74, 6) is 1.98. The van der Waals surface area contributed by atoms with Crippen molar-refractivity contribution in [3.05, 3.63) is 60.3 Å². The molecule has 0 spiro atoms. The SMILES string of the molecule is CCN(CC)c1ccc(Nc2ccnc(Nc3cc(C)ccc3OC)n2)cc1. The lowest BCUT2D eigenvalue weighted by Gasteiger charge is -2.21. The van der Waals surface area contributed by atoms with Crippen LogP contribution in [0.25, 0.3) is 0 Å². The zero-order valence-corrected chi connectivity index (χ0v) is 16.9. The third kappa shape index (κ3) is 4.71. The van der Waals surface area contributed by atoms with E-state index in [9.17, 15) is 0 Å². The molecule has 6 heteroatoms. The van der Waals surface area contributed by atoms with Crippen LogP contribution in [0.1, 0.15) is 19.4 Å². The molecule has 2 aromatic carbocycles. The first-order chi connectivity index (χ1) is 13.6. The minimum Gasteiger partial charge on any atom is -0.495 e. The molecule has 0 saturated heterocycles. The third-order valence-electron chi connectivity index (χ3n) is 4.53. The number of rotatable bonds is 8. The Morgan fingerprint density at radius 3 is 2.39 bits per heavy atom. The third-order valence-corrected chi connectivity index (χ3v) is 4.53. The van der Waals surface area contributed by atoms with Crippen molar-refractivity contribution in [1.82, 2.24) is 9.97 Å². The lowest BCUT2D eigenvalue weighted by Crippen LogP contribution is -2.21. The van der Waals surface area contributed by atoms with Gasteiger partial charge in [0, 0.05) is 30.7 Å². The summed E-state index contributed by atoms with van der Waals surface area (Å²) in [6.07, 6.45) is 1.73. The van der Waals surface area contributed by atoms with Gasteiger partial charge in [-0.3, -0.25) is 0 Å². The molecule has 0 atom stereocenters. The zero-order chi connectivity index (χ0) is 19.9. The van der Waals surface area contributed by atoms with Crippen molar-refractivity contribution in [1.29, 1.82) is 0 Å². The Hall–Kier alpha value is -3.28. The van der Waals surface area contributed by atoms with Crippen LogP contribution in [0.4, 0.5) is 28.8 Å². The second kappa shape index (κ2) is 9.08. The van der Waals surface area contributed by atoms with Crippen LogP contribution < -0.4 is 20.3 Å². The highest BCUT2D eigenvalue weighted by Crippen LogP contribution is 2.28. The maximum atomic E-state index is 5.41. The Kier molecular flexibility index (Phi) is 6.32. The van der Waals surface area contributed by atoms with Gasteiger partial charge in [0.15, 0.2) is 0 Å². The van der Waals surface area contributed by atoms with Gasteiger partial charge >= 0.3 is 0 Å². The molecule has 28 heavy (non-hydrogen) atoms. The van der Waals surface area contributed by atoms with Crippen molar-refractivity contribution in [3.63, 3.8) is 0 Å². The van der Waals surface area contributed by atoms with Gasteiger partial charge < -0.3 is 20.3 Å². The Balaban J connectivity index is 1.74. The maximum absolute atomic E-state index is 5.41. The van der Waals surface area contributed by atoms with Crippen LogP contribution in [0.2, 0.25) is 0 Å². The summed E-state index contributed by atoms with van der Waals surface area (Å²) in [5, 5.41) is 6.57. The van der Waals surface area contributed by atoms with E-state index >= 15 is 0 Å². The lowest BCUT2D eigenvalue weighted by molar-refractivity contribution is 0.416. The molecule has 0 bridgehead atoms. The minimum atomic E-state index is 0.508. The fourth-order valence-electron chi connectivity index (χ4n) is 3.02. The molecule has 0 amide bonds. The van der Waals surface area contributed by atoms with E-state index < -0.39 is 0 Å². The number of benzene rings is 2. The van der Waals surface area contributed by atoms with Gasteiger partial charge in [-0.1, -0.05) is 6.07 Å². The first kappa shape index (κ1) is 19.5. The van der Waals surface area contributed by atoms with E-state index in [4.69, 9.17) is 4.74 Å². The quantitative estimate of drug-likeness (QED) is 0.568. The highest BCUT2D eigenvalue weighted by atomic mass is 16.5. The molecule has 3 aromatic rings. The van der Waals surface area contributed by atoms with E-state index in [0.717, 1.165) is 41.6 Å².